The highest BCUT2D eigenvalue weighted by atomic mass is 35.5. The van der Waals surface area contributed by atoms with E-state index < -0.39 is 0 Å². The molecule has 2 unspecified atom stereocenters. The smallest absolute Gasteiger partial charge is 0.0216 e. The fourth-order valence-electron chi connectivity index (χ4n) is 1.54. The van der Waals surface area contributed by atoms with Crippen LogP contribution in [-0.4, -0.2) is 22.8 Å². The standard InChI is InChI=1S/C8H20NP.ClH/c1-6(2)9(7(3)4)8(5)10;/h6-8H,10H2,1-5H3;1H. The molecule has 0 aliphatic carbocycles. The first-order chi connectivity index (χ1) is 4.46. The lowest BCUT2D eigenvalue weighted by Gasteiger charge is -2.33. The van der Waals surface area contributed by atoms with Crippen LogP contribution < -0.4 is 0 Å². The molecule has 0 amide bonds. The van der Waals surface area contributed by atoms with Gasteiger partial charge in [-0.05, 0) is 34.6 Å². The van der Waals surface area contributed by atoms with Gasteiger partial charge in [0.05, 0.1) is 0 Å². The van der Waals surface area contributed by atoms with Crippen LogP contribution in [0.3, 0.4) is 0 Å². The normalized spacial score (nSPS) is 13.9. The van der Waals surface area contributed by atoms with E-state index in [2.05, 4.69) is 48.8 Å². The maximum absolute atomic E-state index is 2.84. The first kappa shape index (κ1) is 14.2. The molecule has 0 saturated heterocycles. The molecule has 0 bridgehead atoms. The molecule has 0 saturated carbocycles. The largest absolute Gasteiger partial charge is 0.293 e. The van der Waals surface area contributed by atoms with Gasteiger partial charge in [0.2, 0.25) is 0 Å². The van der Waals surface area contributed by atoms with E-state index >= 15 is 0 Å². The van der Waals surface area contributed by atoms with Crippen molar-refractivity contribution < 1.29 is 0 Å². The fraction of sp³-hybridized carbons (Fsp3) is 1.00. The van der Waals surface area contributed by atoms with Crippen LogP contribution in [0.2, 0.25) is 0 Å². The summed E-state index contributed by atoms with van der Waals surface area (Å²) in [5, 5.41) is 0. The number of hydrogen-bond acceptors (Lipinski definition) is 1. The summed E-state index contributed by atoms with van der Waals surface area (Å²) in [6.45, 7) is 11.2. The Hall–Kier alpha value is 0.680. The molecule has 2 atom stereocenters. The van der Waals surface area contributed by atoms with Crippen molar-refractivity contribution in [3.05, 3.63) is 0 Å². The third-order valence-corrected chi connectivity index (χ3v) is 2.01. The zero-order valence-electron chi connectivity index (χ0n) is 8.16. The zero-order valence-corrected chi connectivity index (χ0v) is 10.1. The van der Waals surface area contributed by atoms with E-state index in [1.54, 1.807) is 0 Å². The molecule has 0 rings (SSSR count). The molecule has 0 aromatic rings. The molecule has 0 N–H and O–H groups in total. The average molecular weight is 198 g/mol. The lowest BCUT2D eigenvalue weighted by atomic mass is 10.2. The van der Waals surface area contributed by atoms with Crippen LogP contribution >= 0.6 is 21.6 Å². The van der Waals surface area contributed by atoms with Crippen molar-refractivity contribution in [2.75, 3.05) is 0 Å². The van der Waals surface area contributed by atoms with Gasteiger partial charge in [0.25, 0.3) is 0 Å². The van der Waals surface area contributed by atoms with E-state index in [9.17, 15) is 0 Å². The van der Waals surface area contributed by atoms with Crippen LogP contribution in [0.5, 0.6) is 0 Å². The number of nitrogens with zero attached hydrogens (tertiary/aromatic N) is 1. The van der Waals surface area contributed by atoms with E-state index in [0.717, 1.165) is 0 Å². The van der Waals surface area contributed by atoms with Crippen molar-refractivity contribution in [2.45, 2.75) is 52.5 Å². The molecule has 11 heavy (non-hydrogen) atoms. The van der Waals surface area contributed by atoms with Crippen molar-refractivity contribution in [3.8, 4) is 0 Å². The third kappa shape index (κ3) is 5.00. The van der Waals surface area contributed by atoms with E-state index in [4.69, 9.17) is 0 Å². The first-order valence-corrected chi connectivity index (χ1v) is 4.66. The third-order valence-electron chi connectivity index (χ3n) is 1.66. The molecule has 0 heterocycles. The summed E-state index contributed by atoms with van der Waals surface area (Å²) in [6, 6.07) is 1.29. The van der Waals surface area contributed by atoms with Crippen LogP contribution in [0.4, 0.5) is 0 Å². The highest BCUT2D eigenvalue weighted by Crippen LogP contribution is 2.14. The average Bonchev–Trinajstić information content (AvgIpc) is 1.59. The molecule has 0 radical (unpaired) electrons. The van der Waals surface area contributed by atoms with Gasteiger partial charge in [0.1, 0.15) is 0 Å². The van der Waals surface area contributed by atoms with Crippen LogP contribution in [0, 0.1) is 0 Å². The predicted molar refractivity (Wildman–Crippen MR) is 58.5 cm³/mol. The van der Waals surface area contributed by atoms with Crippen molar-refractivity contribution >= 4 is 21.6 Å². The minimum absolute atomic E-state index is 0. The second-order valence-electron chi connectivity index (χ2n) is 3.38. The van der Waals surface area contributed by atoms with Crippen molar-refractivity contribution in [1.82, 2.24) is 4.90 Å². The molecule has 0 fully saturated rings. The second-order valence-corrected chi connectivity index (χ2v) is 4.34. The van der Waals surface area contributed by atoms with Crippen molar-refractivity contribution in [1.29, 1.82) is 0 Å². The SMILES string of the molecule is CC(C)N(C(C)C)C(C)P.Cl. The maximum Gasteiger partial charge on any atom is 0.0216 e. The summed E-state index contributed by atoms with van der Waals surface area (Å²) in [6.07, 6.45) is 0. The summed E-state index contributed by atoms with van der Waals surface area (Å²) >= 11 is 0. The lowest BCUT2D eigenvalue weighted by Crippen LogP contribution is -2.40. The summed E-state index contributed by atoms with van der Waals surface area (Å²) in [7, 11) is 2.84. The topological polar surface area (TPSA) is 3.24 Å². The summed E-state index contributed by atoms with van der Waals surface area (Å²) < 4.78 is 0. The lowest BCUT2D eigenvalue weighted by molar-refractivity contribution is 0.167. The first-order valence-electron chi connectivity index (χ1n) is 3.99. The van der Waals surface area contributed by atoms with E-state index in [1.165, 1.54) is 0 Å². The van der Waals surface area contributed by atoms with Gasteiger partial charge in [-0.15, -0.1) is 21.6 Å². The quantitative estimate of drug-likeness (QED) is 0.629. The fourth-order valence-corrected chi connectivity index (χ4v) is 2.23. The Bertz CT molecular complexity index is 75.1. The predicted octanol–water partition coefficient (Wildman–Crippen LogP) is 2.75. The molecule has 0 aromatic heterocycles. The van der Waals surface area contributed by atoms with E-state index in [0.29, 0.717) is 17.9 Å². The Balaban J connectivity index is 0. The minimum Gasteiger partial charge on any atom is -0.293 e. The molecule has 70 valence electrons. The van der Waals surface area contributed by atoms with Crippen LogP contribution in [0.15, 0.2) is 0 Å². The van der Waals surface area contributed by atoms with Gasteiger partial charge < -0.3 is 0 Å². The van der Waals surface area contributed by atoms with Gasteiger partial charge >= 0.3 is 0 Å². The number of hydrogen-bond donors (Lipinski definition) is 0. The molecular formula is C8H21ClNP. The molecular weight excluding hydrogens is 177 g/mol. The Morgan fingerprint density at radius 2 is 1.18 bits per heavy atom. The number of rotatable bonds is 3. The molecule has 1 nitrogen and oxygen atoms in total. The molecule has 3 heteroatoms. The molecule has 0 spiro atoms. The van der Waals surface area contributed by atoms with E-state index in [-0.39, 0.29) is 12.4 Å². The van der Waals surface area contributed by atoms with Crippen molar-refractivity contribution in [3.63, 3.8) is 0 Å². The second kappa shape index (κ2) is 6.22. The van der Waals surface area contributed by atoms with Crippen LogP contribution in [-0.2, 0) is 0 Å². The highest BCUT2D eigenvalue weighted by molar-refractivity contribution is 7.17. The maximum atomic E-state index is 2.84. The monoisotopic (exact) mass is 197 g/mol. The molecule has 0 aromatic carbocycles. The Kier molecular flexibility index (Phi) is 8.04. The van der Waals surface area contributed by atoms with Gasteiger partial charge in [-0.2, -0.15) is 0 Å². The Morgan fingerprint density at radius 3 is 1.18 bits per heavy atom. The summed E-state index contributed by atoms with van der Waals surface area (Å²) in [5.41, 5.74) is 0. The molecule has 0 aliphatic rings. The van der Waals surface area contributed by atoms with E-state index in [1.807, 2.05) is 0 Å². The van der Waals surface area contributed by atoms with Gasteiger partial charge in [-0.3, -0.25) is 4.90 Å². The van der Waals surface area contributed by atoms with Gasteiger partial charge in [-0.25, -0.2) is 0 Å². The Morgan fingerprint density at radius 1 is 0.909 bits per heavy atom. The van der Waals surface area contributed by atoms with Gasteiger partial charge in [0.15, 0.2) is 0 Å². The van der Waals surface area contributed by atoms with Gasteiger partial charge in [-0.1, -0.05) is 0 Å². The Labute approximate surface area is 79.5 Å². The van der Waals surface area contributed by atoms with Crippen LogP contribution in [0.1, 0.15) is 34.6 Å². The van der Waals surface area contributed by atoms with Gasteiger partial charge in [0, 0.05) is 17.9 Å². The number of halogens is 1. The molecule has 0 aliphatic heterocycles. The minimum atomic E-state index is 0. The summed E-state index contributed by atoms with van der Waals surface area (Å²) in [4.78, 5) is 2.46. The zero-order chi connectivity index (χ0) is 8.31. The summed E-state index contributed by atoms with van der Waals surface area (Å²) in [5.74, 6) is 0.583. The highest BCUT2D eigenvalue weighted by Gasteiger charge is 2.15. The van der Waals surface area contributed by atoms with Crippen molar-refractivity contribution in [2.24, 2.45) is 0 Å². The van der Waals surface area contributed by atoms with Crippen LogP contribution in [0.25, 0.3) is 0 Å².